The molecule has 0 bridgehead atoms. The summed E-state index contributed by atoms with van der Waals surface area (Å²) in [5.74, 6) is -2.91. The molecule has 7 atom stereocenters. The van der Waals surface area contributed by atoms with Gasteiger partial charge in [0.15, 0.2) is 6.10 Å². The minimum Gasteiger partial charge on any atom is -0.469 e. The van der Waals surface area contributed by atoms with E-state index in [-0.39, 0.29) is 48.2 Å². The highest BCUT2D eigenvalue weighted by molar-refractivity contribution is 7.09. The molecule has 312 valence electrons. The van der Waals surface area contributed by atoms with Gasteiger partial charge in [0.05, 0.1) is 25.7 Å². The number of aliphatic hydroxyl groups is 1. The van der Waals surface area contributed by atoms with Gasteiger partial charge >= 0.3 is 11.9 Å². The van der Waals surface area contributed by atoms with Gasteiger partial charge < -0.3 is 30.1 Å². The average Bonchev–Trinajstić information content (AvgIpc) is 3.69. The van der Waals surface area contributed by atoms with Crippen molar-refractivity contribution in [3.8, 4) is 0 Å². The zero-order chi connectivity index (χ0) is 41.4. The Morgan fingerprint density at radius 2 is 1.77 bits per heavy atom. The molecule has 1 aliphatic rings. The molecule has 1 saturated heterocycles. The summed E-state index contributed by atoms with van der Waals surface area (Å²) in [7, 11) is 2.99. The van der Waals surface area contributed by atoms with E-state index in [4.69, 9.17) is 9.47 Å². The van der Waals surface area contributed by atoms with Crippen LogP contribution in [0, 0.1) is 17.8 Å². The first-order valence-electron chi connectivity index (χ1n) is 20.2. The van der Waals surface area contributed by atoms with Gasteiger partial charge in [0.1, 0.15) is 16.7 Å². The molecule has 3 N–H and O–H groups in total. The lowest BCUT2D eigenvalue weighted by molar-refractivity contribution is -0.149. The van der Waals surface area contributed by atoms with Crippen molar-refractivity contribution in [3.63, 3.8) is 0 Å². The lowest BCUT2D eigenvalue weighted by atomic mass is 9.92. The number of likely N-dealkylation sites (N-methyl/N-ethyl adjacent to an activating group) is 1. The number of esters is 2. The summed E-state index contributed by atoms with van der Waals surface area (Å²) in [5, 5.41) is 18.0. The van der Waals surface area contributed by atoms with Crippen molar-refractivity contribution in [1.29, 1.82) is 0 Å². The number of carbonyl (C=O) groups excluding carboxylic acids is 5. The van der Waals surface area contributed by atoms with E-state index < -0.39 is 54.6 Å². The lowest BCUT2D eigenvalue weighted by Crippen LogP contribution is -2.58. The van der Waals surface area contributed by atoms with Gasteiger partial charge in [-0.1, -0.05) is 84.2 Å². The molecule has 1 aromatic heterocycles. The average molecular weight is 800 g/mol. The van der Waals surface area contributed by atoms with Crippen LogP contribution in [0.25, 0.3) is 0 Å². The van der Waals surface area contributed by atoms with Crippen molar-refractivity contribution in [2.24, 2.45) is 17.8 Å². The van der Waals surface area contributed by atoms with Gasteiger partial charge in [-0.3, -0.25) is 28.9 Å². The second-order valence-corrected chi connectivity index (χ2v) is 16.3. The second kappa shape index (κ2) is 23.4. The van der Waals surface area contributed by atoms with Crippen LogP contribution in [0.2, 0.25) is 0 Å². The first-order valence-corrected chi connectivity index (χ1v) is 21.1. The number of rotatable bonds is 22. The first-order chi connectivity index (χ1) is 26.7. The number of methoxy groups -OCH3 is 1. The monoisotopic (exact) mass is 799 g/mol. The maximum absolute atomic E-state index is 14.4. The molecule has 0 aliphatic carbocycles. The molecule has 1 fully saturated rings. The number of amides is 3. The molecule has 1 aliphatic heterocycles. The number of ether oxygens (including phenoxy) is 2. The van der Waals surface area contributed by atoms with Crippen LogP contribution in [-0.2, 0) is 35.1 Å². The van der Waals surface area contributed by atoms with E-state index in [1.807, 2.05) is 58.0 Å². The predicted octanol–water partition coefficient (Wildman–Crippen LogP) is 5.32. The molecule has 13 nitrogen and oxygen atoms in total. The third-order valence-electron chi connectivity index (χ3n) is 10.9. The van der Waals surface area contributed by atoms with E-state index in [2.05, 4.69) is 27.4 Å². The van der Waals surface area contributed by atoms with Gasteiger partial charge in [-0.05, 0) is 62.6 Å². The second-order valence-electron chi connectivity index (χ2n) is 15.4. The van der Waals surface area contributed by atoms with Gasteiger partial charge in [-0.15, -0.1) is 11.3 Å². The standard InChI is InChI=1S/C42H65N5O8S/c1-9-11-20-47-21-16-15-19-34(47)39(51)45-37(28(5)10-2)41(52)46(7)35(27(3)4)24-36(55-29(6)49)40-44-33(26-56-40)38(50)43-32(22-30-17-13-12-14-18-30)23-31(25-48)42(53)54-8/h12-14,17-18,26-28,31-32,34-37,48H,9-11,15-16,19-25H2,1-8H3,(H,43,50)(H,45,51)/t28-,31+,32-,34+,35+,36+,37-/m0/s1. The Balaban J connectivity index is 1.83. The maximum atomic E-state index is 14.4. The number of hydrogen-bond acceptors (Lipinski definition) is 11. The number of aliphatic hydroxyl groups excluding tert-OH is 1. The molecule has 2 heterocycles. The molecular formula is C42H65N5O8S. The van der Waals surface area contributed by atoms with Crippen LogP contribution in [-0.4, -0.2) is 108 Å². The quantitative estimate of drug-likeness (QED) is 0.133. The van der Waals surface area contributed by atoms with E-state index in [0.717, 1.165) is 50.8 Å². The number of hydrogen-bond donors (Lipinski definition) is 3. The van der Waals surface area contributed by atoms with Crippen molar-refractivity contribution in [1.82, 2.24) is 25.4 Å². The smallest absolute Gasteiger partial charge is 0.311 e. The number of benzene rings is 1. The predicted molar refractivity (Wildman–Crippen MR) is 217 cm³/mol. The molecule has 3 amide bonds. The van der Waals surface area contributed by atoms with Gasteiger partial charge in [0.2, 0.25) is 11.8 Å². The molecule has 1 aromatic carbocycles. The maximum Gasteiger partial charge on any atom is 0.311 e. The number of nitrogens with one attached hydrogen (secondary N) is 2. The van der Waals surface area contributed by atoms with E-state index in [1.54, 1.807) is 17.3 Å². The van der Waals surface area contributed by atoms with Crippen molar-refractivity contribution < 1.29 is 38.6 Å². The molecule has 2 aromatic rings. The molecule has 0 radical (unpaired) electrons. The molecule has 0 spiro atoms. The summed E-state index contributed by atoms with van der Waals surface area (Å²) in [6.45, 7) is 12.7. The first kappa shape index (κ1) is 46.5. The zero-order valence-corrected chi connectivity index (χ0v) is 35.4. The fourth-order valence-electron chi connectivity index (χ4n) is 7.38. The molecule has 0 saturated carbocycles. The lowest BCUT2D eigenvalue weighted by Gasteiger charge is -2.39. The van der Waals surface area contributed by atoms with Crippen LogP contribution in [0.1, 0.15) is 120 Å². The number of nitrogens with zero attached hydrogens (tertiary/aromatic N) is 3. The van der Waals surface area contributed by atoms with Gasteiger partial charge in [0, 0.05) is 37.9 Å². The molecular weight excluding hydrogens is 735 g/mol. The van der Waals surface area contributed by atoms with Crippen molar-refractivity contribution in [2.75, 3.05) is 33.9 Å². The topological polar surface area (TPSA) is 167 Å². The summed E-state index contributed by atoms with van der Waals surface area (Å²) in [4.78, 5) is 75.1. The number of piperidine rings is 1. The fourth-order valence-corrected chi connectivity index (χ4v) is 8.21. The third-order valence-corrected chi connectivity index (χ3v) is 11.8. The van der Waals surface area contributed by atoms with E-state index in [9.17, 15) is 29.1 Å². The minimum atomic E-state index is -0.856. The zero-order valence-electron chi connectivity index (χ0n) is 34.6. The largest absolute Gasteiger partial charge is 0.469 e. The summed E-state index contributed by atoms with van der Waals surface area (Å²) in [6.07, 6.45) is 5.46. The Morgan fingerprint density at radius 3 is 2.38 bits per heavy atom. The number of likely N-dealkylation sites (tertiary alicyclic amines) is 1. The van der Waals surface area contributed by atoms with Crippen LogP contribution >= 0.6 is 11.3 Å². The van der Waals surface area contributed by atoms with E-state index in [1.165, 1.54) is 25.4 Å². The summed E-state index contributed by atoms with van der Waals surface area (Å²) in [6, 6.07) is 7.56. The van der Waals surface area contributed by atoms with Crippen LogP contribution in [0.3, 0.4) is 0 Å². The highest BCUT2D eigenvalue weighted by Gasteiger charge is 2.38. The summed E-state index contributed by atoms with van der Waals surface area (Å²) in [5.41, 5.74) is 1.05. The molecule has 56 heavy (non-hydrogen) atoms. The van der Waals surface area contributed by atoms with Crippen LogP contribution in [0.4, 0.5) is 0 Å². The number of carbonyl (C=O) groups is 5. The van der Waals surface area contributed by atoms with Gasteiger partial charge in [-0.25, -0.2) is 4.98 Å². The Hall–Kier alpha value is -3.88. The van der Waals surface area contributed by atoms with Crippen LogP contribution in [0.15, 0.2) is 35.7 Å². The number of thiazole rings is 1. The van der Waals surface area contributed by atoms with Gasteiger partial charge in [-0.2, -0.15) is 0 Å². The van der Waals surface area contributed by atoms with Crippen molar-refractivity contribution in [3.05, 3.63) is 52.0 Å². The molecule has 3 rings (SSSR count). The number of unbranched alkanes of at least 4 members (excludes halogenated alkanes) is 1. The van der Waals surface area contributed by atoms with Crippen LogP contribution < -0.4 is 10.6 Å². The van der Waals surface area contributed by atoms with Crippen LogP contribution in [0.5, 0.6) is 0 Å². The molecule has 0 unspecified atom stereocenters. The van der Waals surface area contributed by atoms with Gasteiger partial charge in [0.25, 0.3) is 5.91 Å². The molecule has 14 heteroatoms. The fraction of sp³-hybridized carbons (Fsp3) is 0.667. The normalized spacial score (nSPS) is 17.9. The van der Waals surface area contributed by atoms with Crippen molar-refractivity contribution in [2.45, 2.75) is 130 Å². The Bertz CT molecular complexity index is 1550. The Morgan fingerprint density at radius 1 is 1.05 bits per heavy atom. The highest BCUT2D eigenvalue weighted by atomic mass is 32.1. The van der Waals surface area contributed by atoms with Crippen molar-refractivity contribution >= 4 is 41.0 Å². The Kier molecular flexibility index (Phi) is 19.4. The number of aromatic nitrogens is 1. The minimum absolute atomic E-state index is 0.0612. The highest BCUT2D eigenvalue weighted by Crippen LogP contribution is 2.31. The van der Waals surface area contributed by atoms with E-state index in [0.29, 0.717) is 17.8 Å². The summed E-state index contributed by atoms with van der Waals surface area (Å²) >= 11 is 1.18. The Labute approximate surface area is 337 Å². The summed E-state index contributed by atoms with van der Waals surface area (Å²) < 4.78 is 10.7. The SMILES string of the molecule is CCCCN1CCCC[C@@H]1C(=O)N[C@H](C(=O)N(C)[C@H](C[C@@H](OC(C)=O)c1nc(C(=O)N[C@@H](Cc2ccccc2)C[C@H](CO)C(=O)OC)cs1)C(C)C)[C@@H](C)CC. The third kappa shape index (κ3) is 13.7. The van der Waals surface area contributed by atoms with E-state index >= 15 is 0 Å².